The van der Waals surface area contributed by atoms with Crippen molar-refractivity contribution in [1.82, 2.24) is 5.32 Å². The molecular weight excluding hydrogens is 373 g/mol. The molecule has 0 bridgehead atoms. The first kappa shape index (κ1) is 20.6. The average Bonchev–Trinajstić information content (AvgIpc) is 2.59. The Bertz CT molecular complexity index is 749. The van der Waals surface area contributed by atoms with E-state index in [9.17, 15) is 9.18 Å². The summed E-state index contributed by atoms with van der Waals surface area (Å²) in [5.74, 6) is 1.36. The van der Waals surface area contributed by atoms with Crippen molar-refractivity contribution in [2.24, 2.45) is 0 Å². The van der Waals surface area contributed by atoms with Gasteiger partial charge in [-0.1, -0.05) is 35.4 Å². The molecule has 1 atom stereocenters. The fourth-order valence-corrected chi connectivity index (χ4v) is 3.61. The van der Waals surface area contributed by atoms with Gasteiger partial charge in [-0.3, -0.25) is 4.79 Å². The van der Waals surface area contributed by atoms with E-state index < -0.39 is 6.10 Å². The molecule has 0 fully saturated rings. The summed E-state index contributed by atoms with van der Waals surface area (Å²) in [6.45, 7) is 6.17. The molecule has 0 aliphatic carbocycles. The Labute approximate surface area is 163 Å². The summed E-state index contributed by atoms with van der Waals surface area (Å²) in [6, 6.07) is 10.5. The van der Waals surface area contributed by atoms with Gasteiger partial charge in [0.25, 0.3) is 5.91 Å². The third-order valence-electron chi connectivity index (χ3n) is 3.86. The Morgan fingerprint density at radius 1 is 1.31 bits per heavy atom. The fraction of sp³-hybridized carbons (Fsp3) is 0.350. The smallest absolute Gasteiger partial charge is 0.260 e. The van der Waals surface area contributed by atoms with Gasteiger partial charge in [-0.05, 0) is 44.5 Å². The van der Waals surface area contributed by atoms with Crippen LogP contribution in [0.1, 0.15) is 23.6 Å². The molecule has 2 rings (SSSR count). The van der Waals surface area contributed by atoms with E-state index in [2.05, 4.69) is 5.32 Å². The maximum Gasteiger partial charge on any atom is 0.260 e. The first-order valence-electron chi connectivity index (χ1n) is 8.40. The quantitative estimate of drug-likeness (QED) is 0.645. The Hall–Kier alpha value is -1.72. The van der Waals surface area contributed by atoms with E-state index in [1.165, 1.54) is 17.8 Å². The summed E-state index contributed by atoms with van der Waals surface area (Å²) in [7, 11) is 0. The molecule has 0 aliphatic rings. The normalized spacial score (nSPS) is 11.9. The van der Waals surface area contributed by atoms with Crippen molar-refractivity contribution in [3.63, 3.8) is 0 Å². The van der Waals surface area contributed by atoms with Gasteiger partial charge in [0.2, 0.25) is 0 Å². The van der Waals surface area contributed by atoms with Gasteiger partial charge in [-0.15, -0.1) is 0 Å². The highest BCUT2D eigenvalue weighted by Gasteiger charge is 2.15. The molecule has 0 radical (unpaired) electrons. The molecule has 0 saturated heterocycles. The predicted octanol–water partition coefficient (Wildman–Crippen LogP) is 4.91. The molecule has 26 heavy (non-hydrogen) atoms. The van der Waals surface area contributed by atoms with E-state index in [4.69, 9.17) is 16.3 Å². The average molecular weight is 396 g/mol. The number of nitrogens with one attached hydrogen (secondary N) is 1. The molecule has 6 heteroatoms. The maximum atomic E-state index is 13.7. The van der Waals surface area contributed by atoms with Crippen LogP contribution in [0, 0.1) is 19.7 Å². The zero-order chi connectivity index (χ0) is 19.1. The van der Waals surface area contributed by atoms with Gasteiger partial charge in [-0.2, -0.15) is 11.8 Å². The molecule has 1 N–H and O–H groups in total. The number of halogens is 2. The summed E-state index contributed by atoms with van der Waals surface area (Å²) in [5.41, 5.74) is 2.65. The Morgan fingerprint density at radius 3 is 2.77 bits per heavy atom. The van der Waals surface area contributed by atoms with Crippen molar-refractivity contribution in [3.8, 4) is 5.75 Å². The van der Waals surface area contributed by atoms with Gasteiger partial charge >= 0.3 is 0 Å². The molecule has 1 amide bonds. The Kier molecular flexibility index (Phi) is 7.79. The number of hydrogen-bond acceptors (Lipinski definition) is 3. The highest BCUT2D eigenvalue weighted by Crippen LogP contribution is 2.23. The number of thioether (sulfide) groups is 1. The Balaban J connectivity index is 1.73. The fourth-order valence-electron chi connectivity index (χ4n) is 2.41. The van der Waals surface area contributed by atoms with Crippen LogP contribution in [0.3, 0.4) is 0 Å². The minimum absolute atomic E-state index is 0.172. The molecule has 2 aromatic rings. The minimum atomic E-state index is -0.581. The largest absolute Gasteiger partial charge is 0.481 e. The van der Waals surface area contributed by atoms with Crippen molar-refractivity contribution in [2.45, 2.75) is 32.6 Å². The van der Waals surface area contributed by atoms with Gasteiger partial charge < -0.3 is 10.1 Å². The molecule has 0 aromatic heterocycles. The lowest BCUT2D eigenvalue weighted by molar-refractivity contribution is -0.127. The van der Waals surface area contributed by atoms with E-state index in [1.54, 1.807) is 19.1 Å². The standard InChI is InChI=1S/C20H23ClFNO2S/c1-13-7-8-19(14(2)11-13)25-15(3)20(24)23-9-10-26-12-16-17(21)5-4-6-18(16)22/h4-8,11,15H,9-10,12H2,1-3H3,(H,23,24)/t15-/m0/s1. The maximum absolute atomic E-state index is 13.7. The van der Waals surface area contributed by atoms with Crippen LogP contribution in [-0.4, -0.2) is 24.3 Å². The van der Waals surface area contributed by atoms with Crippen LogP contribution in [-0.2, 0) is 10.5 Å². The number of aryl methyl sites for hydroxylation is 2. The van der Waals surface area contributed by atoms with Gasteiger partial charge in [0.15, 0.2) is 6.10 Å². The third-order valence-corrected chi connectivity index (χ3v) is 5.20. The van der Waals surface area contributed by atoms with Crippen molar-refractivity contribution in [2.75, 3.05) is 12.3 Å². The van der Waals surface area contributed by atoms with E-state index in [0.29, 0.717) is 34.4 Å². The molecule has 0 aliphatic heterocycles. The van der Waals surface area contributed by atoms with Gasteiger partial charge in [0.1, 0.15) is 11.6 Å². The van der Waals surface area contributed by atoms with Gasteiger partial charge in [0, 0.05) is 28.6 Å². The SMILES string of the molecule is Cc1ccc(O[C@@H](C)C(=O)NCCSCc2c(F)cccc2Cl)c(C)c1. The summed E-state index contributed by atoms with van der Waals surface area (Å²) in [6.07, 6.45) is -0.581. The molecule has 0 spiro atoms. The summed E-state index contributed by atoms with van der Waals surface area (Å²) < 4.78 is 19.4. The van der Waals surface area contributed by atoms with Gasteiger partial charge in [-0.25, -0.2) is 4.39 Å². The second kappa shape index (κ2) is 9.83. The van der Waals surface area contributed by atoms with Gasteiger partial charge in [0.05, 0.1) is 0 Å². The number of hydrogen-bond donors (Lipinski definition) is 1. The van der Waals surface area contributed by atoms with Crippen LogP contribution in [0.4, 0.5) is 4.39 Å². The van der Waals surface area contributed by atoms with Crippen LogP contribution in [0.25, 0.3) is 0 Å². The molecule has 2 aromatic carbocycles. The zero-order valence-electron chi connectivity index (χ0n) is 15.1. The summed E-state index contributed by atoms with van der Waals surface area (Å²) >= 11 is 7.51. The highest BCUT2D eigenvalue weighted by molar-refractivity contribution is 7.98. The third kappa shape index (κ3) is 5.92. The lowest BCUT2D eigenvalue weighted by Gasteiger charge is -2.16. The van der Waals surface area contributed by atoms with E-state index in [0.717, 1.165) is 11.1 Å². The molecule has 140 valence electrons. The topological polar surface area (TPSA) is 38.3 Å². The van der Waals surface area contributed by atoms with Crippen LogP contribution < -0.4 is 10.1 Å². The predicted molar refractivity (Wildman–Crippen MR) is 107 cm³/mol. The number of carbonyl (C=O) groups is 1. The number of benzene rings is 2. The second-order valence-electron chi connectivity index (χ2n) is 6.07. The lowest BCUT2D eigenvalue weighted by Crippen LogP contribution is -2.37. The number of carbonyl (C=O) groups excluding carboxylic acids is 1. The number of amides is 1. The molecule has 0 heterocycles. The lowest BCUT2D eigenvalue weighted by atomic mass is 10.1. The van der Waals surface area contributed by atoms with Crippen LogP contribution in [0.2, 0.25) is 5.02 Å². The van der Waals surface area contributed by atoms with Crippen LogP contribution in [0.15, 0.2) is 36.4 Å². The van der Waals surface area contributed by atoms with Crippen molar-refractivity contribution < 1.29 is 13.9 Å². The summed E-state index contributed by atoms with van der Waals surface area (Å²) in [4.78, 5) is 12.1. The second-order valence-corrected chi connectivity index (χ2v) is 7.59. The van der Waals surface area contributed by atoms with E-state index >= 15 is 0 Å². The van der Waals surface area contributed by atoms with Crippen LogP contribution >= 0.6 is 23.4 Å². The van der Waals surface area contributed by atoms with E-state index in [-0.39, 0.29) is 11.7 Å². The highest BCUT2D eigenvalue weighted by atomic mass is 35.5. The number of rotatable bonds is 8. The van der Waals surface area contributed by atoms with Crippen LogP contribution in [0.5, 0.6) is 5.75 Å². The summed E-state index contributed by atoms with van der Waals surface area (Å²) in [5, 5.41) is 3.27. The van der Waals surface area contributed by atoms with Crippen molar-refractivity contribution in [1.29, 1.82) is 0 Å². The van der Waals surface area contributed by atoms with E-state index in [1.807, 2.05) is 32.0 Å². The first-order chi connectivity index (χ1) is 12.4. The molecular formula is C20H23ClFNO2S. The molecule has 0 saturated carbocycles. The Morgan fingerprint density at radius 2 is 2.08 bits per heavy atom. The van der Waals surface area contributed by atoms with Crippen molar-refractivity contribution >= 4 is 29.3 Å². The van der Waals surface area contributed by atoms with Crippen molar-refractivity contribution in [3.05, 3.63) is 63.9 Å². The first-order valence-corrected chi connectivity index (χ1v) is 9.94. The molecule has 0 unspecified atom stereocenters. The minimum Gasteiger partial charge on any atom is -0.481 e. The molecule has 3 nitrogen and oxygen atoms in total. The number of ether oxygens (including phenoxy) is 1. The monoisotopic (exact) mass is 395 g/mol. The zero-order valence-corrected chi connectivity index (χ0v) is 16.7.